The Kier molecular flexibility index (Phi) is 7.62. The number of esters is 1. The maximum Gasteiger partial charge on any atom is 0.313 e. The van der Waals surface area contributed by atoms with E-state index in [4.69, 9.17) is 9.47 Å². The molecule has 0 radical (unpaired) electrons. The van der Waals surface area contributed by atoms with Gasteiger partial charge in [-0.15, -0.1) is 0 Å². The highest BCUT2D eigenvalue weighted by Gasteiger charge is 2.45. The van der Waals surface area contributed by atoms with Gasteiger partial charge in [0, 0.05) is 44.9 Å². The Labute approximate surface area is 199 Å². The van der Waals surface area contributed by atoms with E-state index in [0.29, 0.717) is 45.7 Å². The van der Waals surface area contributed by atoms with Crippen molar-refractivity contribution in [3.63, 3.8) is 0 Å². The minimum Gasteiger partial charge on any atom is -0.455 e. The number of ether oxygens (including phenoxy) is 2. The lowest BCUT2D eigenvalue weighted by molar-refractivity contribution is -0.163. The van der Waals surface area contributed by atoms with Gasteiger partial charge in [0.2, 0.25) is 5.91 Å². The SMILES string of the molecule is CN(Cc1cnn(-c2ccccc2)c1)C(=O)COC(=O)C1(CC(=O)N2CCOCC2)CCCC1. The molecule has 1 aromatic heterocycles. The van der Waals surface area contributed by atoms with E-state index in [2.05, 4.69) is 5.10 Å². The molecule has 9 heteroatoms. The first kappa shape index (κ1) is 23.9. The molecule has 2 fully saturated rings. The largest absolute Gasteiger partial charge is 0.455 e. The van der Waals surface area contributed by atoms with Gasteiger partial charge in [0.15, 0.2) is 6.61 Å². The van der Waals surface area contributed by atoms with Crippen LogP contribution in [0.1, 0.15) is 37.7 Å². The minimum atomic E-state index is -0.828. The van der Waals surface area contributed by atoms with Crippen LogP contribution in [0.15, 0.2) is 42.7 Å². The van der Waals surface area contributed by atoms with Crippen LogP contribution < -0.4 is 0 Å². The van der Waals surface area contributed by atoms with Crippen molar-refractivity contribution in [1.82, 2.24) is 19.6 Å². The van der Waals surface area contributed by atoms with Crippen molar-refractivity contribution in [1.29, 1.82) is 0 Å². The highest BCUT2D eigenvalue weighted by molar-refractivity contribution is 5.88. The Balaban J connectivity index is 1.30. The normalized spacial score (nSPS) is 17.4. The third-order valence-electron chi connectivity index (χ3n) is 6.68. The lowest BCUT2D eigenvalue weighted by atomic mass is 9.82. The van der Waals surface area contributed by atoms with Crippen LogP contribution in [0.2, 0.25) is 0 Å². The number of likely N-dealkylation sites (N-methyl/N-ethyl adjacent to an activating group) is 1. The zero-order chi connectivity index (χ0) is 24.0. The molecule has 2 amide bonds. The van der Waals surface area contributed by atoms with Crippen molar-refractivity contribution in [3.8, 4) is 5.69 Å². The molecule has 0 N–H and O–H groups in total. The maximum absolute atomic E-state index is 13.0. The molecular weight excluding hydrogens is 436 g/mol. The molecule has 1 saturated carbocycles. The van der Waals surface area contributed by atoms with Gasteiger partial charge >= 0.3 is 5.97 Å². The number of nitrogens with zero attached hydrogens (tertiary/aromatic N) is 4. The van der Waals surface area contributed by atoms with E-state index in [9.17, 15) is 14.4 Å². The summed E-state index contributed by atoms with van der Waals surface area (Å²) in [6, 6.07) is 9.72. The number of amides is 2. The summed E-state index contributed by atoms with van der Waals surface area (Å²) < 4.78 is 12.5. The third kappa shape index (κ3) is 5.64. The first-order chi connectivity index (χ1) is 16.5. The summed E-state index contributed by atoms with van der Waals surface area (Å²) in [4.78, 5) is 41.7. The molecule has 1 saturated heterocycles. The van der Waals surface area contributed by atoms with Gasteiger partial charge in [-0.1, -0.05) is 31.0 Å². The zero-order valence-corrected chi connectivity index (χ0v) is 19.6. The molecule has 2 aromatic rings. The number of hydrogen-bond donors (Lipinski definition) is 0. The molecule has 9 nitrogen and oxygen atoms in total. The number of para-hydroxylation sites is 1. The number of benzene rings is 1. The van der Waals surface area contributed by atoms with E-state index >= 15 is 0 Å². The van der Waals surface area contributed by atoms with E-state index < -0.39 is 11.4 Å². The molecule has 0 spiro atoms. The number of carbonyl (C=O) groups excluding carboxylic acids is 3. The Bertz CT molecular complexity index is 994. The van der Waals surface area contributed by atoms with Gasteiger partial charge in [0.25, 0.3) is 5.91 Å². The van der Waals surface area contributed by atoms with Crippen molar-refractivity contribution in [2.24, 2.45) is 5.41 Å². The van der Waals surface area contributed by atoms with Gasteiger partial charge in [0.1, 0.15) is 0 Å². The van der Waals surface area contributed by atoms with Crippen molar-refractivity contribution in [2.75, 3.05) is 40.0 Å². The van der Waals surface area contributed by atoms with Gasteiger partial charge in [-0.3, -0.25) is 14.4 Å². The summed E-state index contributed by atoms with van der Waals surface area (Å²) in [5, 5.41) is 4.35. The number of carbonyl (C=O) groups is 3. The first-order valence-corrected chi connectivity index (χ1v) is 11.8. The van der Waals surface area contributed by atoms with E-state index in [1.54, 1.807) is 22.8 Å². The summed E-state index contributed by atoms with van der Waals surface area (Å²) in [5.74, 6) is -0.778. The summed E-state index contributed by atoms with van der Waals surface area (Å²) in [7, 11) is 1.67. The molecule has 1 aliphatic heterocycles. The van der Waals surface area contributed by atoms with Crippen LogP contribution in [0, 0.1) is 5.41 Å². The van der Waals surface area contributed by atoms with Crippen molar-refractivity contribution >= 4 is 17.8 Å². The second-order valence-electron chi connectivity index (χ2n) is 9.11. The molecule has 2 aliphatic rings. The Hall–Kier alpha value is -3.20. The molecule has 34 heavy (non-hydrogen) atoms. The molecule has 0 unspecified atom stereocenters. The van der Waals surface area contributed by atoms with Crippen LogP contribution in [0.3, 0.4) is 0 Å². The second-order valence-corrected chi connectivity index (χ2v) is 9.11. The van der Waals surface area contributed by atoms with Crippen LogP contribution >= 0.6 is 0 Å². The standard InChI is InChI=1S/C25H32N4O5/c1-27(17-20-16-26-29(18-20)21-7-3-2-4-8-21)23(31)19-34-24(32)25(9-5-6-10-25)15-22(30)28-11-13-33-14-12-28/h2-4,7-8,16,18H,5-6,9-15,17,19H2,1H3. The Morgan fingerprint density at radius 1 is 1.12 bits per heavy atom. The fourth-order valence-corrected chi connectivity index (χ4v) is 4.64. The lowest BCUT2D eigenvalue weighted by Gasteiger charge is -2.32. The predicted octanol–water partition coefficient (Wildman–Crippen LogP) is 2.18. The molecule has 0 atom stereocenters. The minimum absolute atomic E-state index is 0.0407. The molecule has 1 aromatic carbocycles. The lowest BCUT2D eigenvalue weighted by Crippen LogP contribution is -2.44. The predicted molar refractivity (Wildman–Crippen MR) is 124 cm³/mol. The van der Waals surface area contributed by atoms with Gasteiger partial charge in [0.05, 0.1) is 30.5 Å². The van der Waals surface area contributed by atoms with E-state index in [1.807, 2.05) is 36.5 Å². The molecule has 2 heterocycles. The van der Waals surface area contributed by atoms with Crippen LogP contribution in [0.4, 0.5) is 0 Å². The van der Waals surface area contributed by atoms with Crippen LogP contribution in [-0.4, -0.2) is 77.3 Å². The molecule has 0 bridgehead atoms. The van der Waals surface area contributed by atoms with Gasteiger partial charge in [-0.05, 0) is 25.0 Å². The van der Waals surface area contributed by atoms with Crippen LogP contribution in [0.25, 0.3) is 5.69 Å². The fraction of sp³-hybridized carbons (Fsp3) is 0.520. The average Bonchev–Trinajstić information content (AvgIpc) is 3.54. The summed E-state index contributed by atoms with van der Waals surface area (Å²) >= 11 is 0. The number of morpholine rings is 1. The highest BCUT2D eigenvalue weighted by atomic mass is 16.5. The Morgan fingerprint density at radius 3 is 2.53 bits per heavy atom. The molecular formula is C25H32N4O5. The van der Waals surface area contributed by atoms with Crippen LogP contribution in [-0.2, 0) is 30.4 Å². The van der Waals surface area contributed by atoms with Gasteiger partial charge < -0.3 is 19.3 Å². The summed E-state index contributed by atoms with van der Waals surface area (Å²) in [6.07, 6.45) is 6.71. The van der Waals surface area contributed by atoms with Crippen molar-refractivity contribution in [2.45, 2.75) is 38.6 Å². The summed E-state index contributed by atoms with van der Waals surface area (Å²) in [5.41, 5.74) is 0.977. The van der Waals surface area contributed by atoms with Crippen molar-refractivity contribution in [3.05, 3.63) is 48.3 Å². The zero-order valence-electron chi connectivity index (χ0n) is 19.6. The highest BCUT2D eigenvalue weighted by Crippen LogP contribution is 2.42. The van der Waals surface area contributed by atoms with Gasteiger partial charge in [-0.25, -0.2) is 4.68 Å². The molecule has 4 rings (SSSR count). The van der Waals surface area contributed by atoms with E-state index in [1.165, 1.54) is 4.90 Å². The first-order valence-electron chi connectivity index (χ1n) is 11.8. The van der Waals surface area contributed by atoms with Crippen molar-refractivity contribution < 1.29 is 23.9 Å². The second kappa shape index (κ2) is 10.8. The summed E-state index contributed by atoms with van der Waals surface area (Å²) in [6.45, 7) is 2.16. The molecule has 182 valence electrons. The van der Waals surface area contributed by atoms with E-state index in [0.717, 1.165) is 24.1 Å². The maximum atomic E-state index is 13.0. The fourth-order valence-electron chi connectivity index (χ4n) is 4.64. The quantitative estimate of drug-likeness (QED) is 0.552. The van der Waals surface area contributed by atoms with Gasteiger partial charge in [-0.2, -0.15) is 5.10 Å². The third-order valence-corrected chi connectivity index (χ3v) is 6.68. The number of hydrogen-bond acceptors (Lipinski definition) is 6. The average molecular weight is 469 g/mol. The topological polar surface area (TPSA) is 94.0 Å². The van der Waals surface area contributed by atoms with E-state index in [-0.39, 0.29) is 24.8 Å². The molecule has 1 aliphatic carbocycles. The monoisotopic (exact) mass is 468 g/mol. The number of aromatic nitrogens is 2. The number of rotatable bonds is 8. The smallest absolute Gasteiger partial charge is 0.313 e. The Morgan fingerprint density at radius 2 is 1.82 bits per heavy atom. The van der Waals surface area contributed by atoms with Crippen LogP contribution in [0.5, 0.6) is 0 Å².